The van der Waals surface area contributed by atoms with Crippen molar-refractivity contribution in [3.8, 4) is 0 Å². The van der Waals surface area contributed by atoms with Crippen LogP contribution in [0.3, 0.4) is 0 Å². The molecule has 0 aliphatic carbocycles. The molecule has 4 heteroatoms. The lowest BCUT2D eigenvalue weighted by Crippen LogP contribution is -2.39. The minimum atomic E-state index is -0.425. The zero-order chi connectivity index (χ0) is 13.7. The molecule has 2 rings (SSSR count). The fourth-order valence-electron chi connectivity index (χ4n) is 2.27. The molecule has 1 aliphatic heterocycles. The van der Waals surface area contributed by atoms with Gasteiger partial charge in [0.1, 0.15) is 5.82 Å². The molecular formula is C15H22FN3. The minimum Gasteiger partial charge on any atom is -0.367 e. The van der Waals surface area contributed by atoms with Gasteiger partial charge in [-0.1, -0.05) is 17.7 Å². The average molecular weight is 263 g/mol. The number of piperidine rings is 1. The number of halogens is 1. The highest BCUT2D eigenvalue weighted by atomic mass is 19.1. The van der Waals surface area contributed by atoms with Gasteiger partial charge in [-0.15, -0.1) is 0 Å². The van der Waals surface area contributed by atoms with E-state index in [1.54, 1.807) is 6.07 Å². The molecule has 0 amide bonds. The van der Waals surface area contributed by atoms with Gasteiger partial charge in [-0.05, 0) is 38.8 Å². The molecular weight excluding hydrogens is 241 g/mol. The highest BCUT2D eigenvalue weighted by Crippen LogP contribution is 2.15. The average Bonchev–Trinajstić information content (AvgIpc) is 2.38. The predicted molar refractivity (Wildman–Crippen MR) is 76.7 cm³/mol. The highest BCUT2D eigenvalue weighted by Gasteiger charge is 2.18. The third-order valence-corrected chi connectivity index (χ3v) is 3.41. The number of rotatable bonds is 4. The number of hydrogen-bond acceptors (Lipinski definition) is 3. The maximum Gasteiger partial charge on any atom is 0.214 e. The lowest BCUT2D eigenvalue weighted by Gasteiger charge is -2.32. The lowest BCUT2D eigenvalue weighted by molar-refractivity contribution is 0.239. The number of hydrogen-bond donors (Lipinski definition) is 1. The number of allylic oxidation sites excluding steroid dienone is 1. The second-order valence-electron chi connectivity index (χ2n) is 5.35. The SMILES string of the molecule is CC(C)=CCN1CCC(Nc2cccc(F)n2)CC1. The van der Waals surface area contributed by atoms with Crippen molar-refractivity contribution in [2.24, 2.45) is 0 Å². The largest absolute Gasteiger partial charge is 0.367 e. The summed E-state index contributed by atoms with van der Waals surface area (Å²) in [6, 6.07) is 5.28. The smallest absolute Gasteiger partial charge is 0.214 e. The van der Waals surface area contributed by atoms with Gasteiger partial charge in [0.05, 0.1) is 0 Å². The van der Waals surface area contributed by atoms with E-state index < -0.39 is 5.95 Å². The van der Waals surface area contributed by atoms with Crippen molar-refractivity contribution in [3.63, 3.8) is 0 Å². The molecule has 1 N–H and O–H groups in total. The Morgan fingerprint density at radius 2 is 2.16 bits per heavy atom. The molecule has 0 atom stereocenters. The van der Waals surface area contributed by atoms with Gasteiger partial charge in [-0.2, -0.15) is 4.39 Å². The number of aromatic nitrogens is 1. The van der Waals surface area contributed by atoms with E-state index >= 15 is 0 Å². The quantitative estimate of drug-likeness (QED) is 0.668. The van der Waals surface area contributed by atoms with E-state index in [0.717, 1.165) is 32.5 Å². The Hall–Kier alpha value is -1.42. The second kappa shape index (κ2) is 6.66. The number of nitrogens with one attached hydrogen (secondary N) is 1. The lowest BCUT2D eigenvalue weighted by atomic mass is 10.0. The molecule has 19 heavy (non-hydrogen) atoms. The van der Waals surface area contributed by atoms with Crippen LogP contribution in [-0.2, 0) is 0 Å². The van der Waals surface area contributed by atoms with E-state index in [-0.39, 0.29) is 0 Å². The van der Waals surface area contributed by atoms with Crippen LogP contribution < -0.4 is 5.32 Å². The molecule has 1 fully saturated rings. The highest BCUT2D eigenvalue weighted by molar-refractivity contribution is 5.34. The van der Waals surface area contributed by atoms with Crippen molar-refractivity contribution in [3.05, 3.63) is 35.8 Å². The van der Waals surface area contributed by atoms with Crippen LogP contribution >= 0.6 is 0 Å². The van der Waals surface area contributed by atoms with E-state index in [1.807, 2.05) is 6.07 Å². The first-order valence-electron chi connectivity index (χ1n) is 6.88. The monoisotopic (exact) mass is 263 g/mol. The Morgan fingerprint density at radius 3 is 2.79 bits per heavy atom. The van der Waals surface area contributed by atoms with Gasteiger partial charge < -0.3 is 5.32 Å². The first-order valence-corrected chi connectivity index (χ1v) is 6.88. The van der Waals surface area contributed by atoms with E-state index in [9.17, 15) is 4.39 Å². The molecule has 104 valence electrons. The van der Waals surface area contributed by atoms with Gasteiger partial charge >= 0.3 is 0 Å². The van der Waals surface area contributed by atoms with Crippen molar-refractivity contribution in [1.29, 1.82) is 0 Å². The zero-order valence-corrected chi connectivity index (χ0v) is 11.7. The van der Waals surface area contributed by atoms with Crippen LogP contribution in [0.4, 0.5) is 10.2 Å². The number of nitrogens with zero attached hydrogens (tertiary/aromatic N) is 2. The van der Waals surface area contributed by atoms with Crippen LogP contribution in [0.25, 0.3) is 0 Å². The summed E-state index contributed by atoms with van der Waals surface area (Å²) in [6.45, 7) is 7.45. The van der Waals surface area contributed by atoms with Crippen LogP contribution in [0, 0.1) is 5.95 Å². The van der Waals surface area contributed by atoms with Crippen LogP contribution in [0.1, 0.15) is 26.7 Å². The molecule has 1 aromatic heterocycles. The van der Waals surface area contributed by atoms with Crippen LogP contribution in [0.15, 0.2) is 29.8 Å². The van der Waals surface area contributed by atoms with Crippen LogP contribution in [0.5, 0.6) is 0 Å². The predicted octanol–water partition coefficient (Wildman–Crippen LogP) is 3.06. The number of anilines is 1. The van der Waals surface area contributed by atoms with E-state index in [2.05, 4.69) is 35.1 Å². The summed E-state index contributed by atoms with van der Waals surface area (Å²) in [6.07, 6.45) is 4.42. The van der Waals surface area contributed by atoms with Crippen molar-refractivity contribution >= 4 is 5.82 Å². The molecule has 0 saturated carbocycles. The van der Waals surface area contributed by atoms with E-state index in [4.69, 9.17) is 0 Å². The Kier molecular flexibility index (Phi) is 4.91. The molecule has 0 aromatic carbocycles. The topological polar surface area (TPSA) is 28.2 Å². The van der Waals surface area contributed by atoms with E-state index in [1.165, 1.54) is 11.6 Å². The van der Waals surface area contributed by atoms with E-state index in [0.29, 0.717) is 11.9 Å². The zero-order valence-electron chi connectivity index (χ0n) is 11.7. The summed E-state index contributed by atoms with van der Waals surface area (Å²) in [4.78, 5) is 6.29. The molecule has 0 radical (unpaired) electrons. The summed E-state index contributed by atoms with van der Waals surface area (Å²) in [5.41, 5.74) is 1.37. The molecule has 0 bridgehead atoms. The third-order valence-electron chi connectivity index (χ3n) is 3.41. The van der Waals surface area contributed by atoms with Gasteiger partial charge in [0.2, 0.25) is 5.95 Å². The third kappa shape index (κ3) is 4.63. The maximum atomic E-state index is 13.0. The number of pyridine rings is 1. The fourth-order valence-corrected chi connectivity index (χ4v) is 2.27. The second-order valence-corrected chi connectivity index (χ2v) is 5.35. The van der Waals surface area contributed by atoms with Crippen molar-refractivity contribution < 1.29 is 4.39 Å². The molecule has 1 aliphatic rings. The van der Waals surface area contributed by atoms with Gasteiger partial charge in [0.15, 0.2) is 0 Å². The van der Waals surface area contributed by atoms with Crippen molar-refractivity contribution in [2.75, 3.05) is 25.0 Å². The standard InChI is InChI=1S/C15H22FN3/c1-12(2)6-9-19-10-7-13(8-11-19)17-15-5-3-4-14(16)18-15/h3-6,13H,7-11H2,1-2H3,(H,17,18). The van der Waals surface area contributed by atoms with Gasteiger partial charge in [0.25, 0.3) is 0 Å². The molecule has 1 saturated heterocycles. The van der Waals surface area contributed by atoms with Crippen LogP contribution in [-0.4, -0.2) is 35.6 Å². The summed E-state index contributed by atoms with van der Waals surface area (Å²) >= 11 is 0. The summed E-state index contributed by atoms with van der Waals surface area (Å²) in [7, 11) is 0. The van der Waals surface area contributed by atoms with Crippen LogP contribution in [0.2, 0.25) is 0 Å². The van der Waals surface area contributed by atoms with Gasteiger partial charge in [-0.25, -0.2) is 4.98 Å². The van der Waals surface area contributed by atoms with Crippen molar-refractivity contribution in [1.82, 2.24) is 9.88 Å². The van der Waals surface area contributed by atoms with Gasteiger partial charge in [0, 0.05) is 25.7 Å². The van der Waals surface area contributed by atoms with Gasteiger partial charge in [-0.3, -0.25) is 4.90 Å². The number of likely N-dealkylation sites (tertiary alicyclic amines) is 1. The Balaban J connectivity index is 1.79. The maximum absolute atomic E-state index is 13.0. The first kappa shape index (κ1) is 14.0. The molecule has 2 heterocycles. The molecule has 1 aromatic rings. The summed E-state index contributed by atoms with van der Waals surface area (Å²) in [5, 5.41) is 3.31. The Morgan fingerprint density at radius 1 is 1.42 bits per heavy atom. The minimum absolute atomic E-state index is 0.400. The summed E-state index contributed by atoms with van der Waals surface area (Å²) in [5.74, 6) is 0.216. The molecule has 0 spiro atoms. The normalized spacial score (nSPS) is 17.2. The molecule has 0 unspecified atom stereocenters. The Labute approximate surface area is 114 Å². The van der Waals surface area contributed by atoms with Crippen molar-refractivity contribution in [2.45, 2.75) is 32.7 Å². The fraction of sp³-hybridized carbons (Fsp3) is 0.533. The summed E-state index contributed by atoms with van der Waals surface area (Å²) < 4.78 is 13.0. The Bertz CT molecular complexity index is 433. The first-order chi connectivity index (χ1) is 9.13. The molecule has 3 nitrogen and oxygen atoms in total.